The smallest absolute Gasteiger partial charge is 0.0644 e. The predicted molar refractivity (Wildman–Crippen MR) is 44.7 cm³/mol. The third kappa shape index (κ3) is 5.14. The van der Waals surface area contributed by atoms with E-state index in [2.05, 4.69) is 13.8 Å². The van der Waals surface area contributed by atoms with Crippen LogP contribution in [0.25, 0.3) is 0 Å². The molecule has 0 aromatic rings. The molecule has 0 saturated heterocycles. The van der Waals surface area contributed by atoms with E-state index in [0.29, 0.717) is 5.88 Å². The highest BCUT2D eigenvalue weighted by Gasteiger charge is 2.00. The van der Waals surface area contributed by atoms with Crippen molar-refractivity contribution in [3.63, 3.8) is 0 Å². The third-order valence-corrected chi connectivity index (χ3v) is 3.17. The summed E-state index contributed by atoms with van der Waals surface area (Å²) in [5.74, 6) is 0.624. The number of halogens is 1. The third-order valence-electron chi connectivity index (χ3n) is 1.06. The zero-order chi connectivity index (χ0) is 7.11. The van der Waals surface area contributed by atoms with Crippen LogP contribution in [0.15, 0.2) is 0 Å². The van der Waals surface area contributed by atoms with Crippen LogP contribution in [0.2, 0.25) is 0 Å². The van der Waals surface area contributed by atoms with Crippen molar-refractivity contribution in [2.24, 2.45) is 0 Å². The molecule has 9 heavy (non-hydrogen) atoms. The zero-order valence-corrected chi connectivity index (χ0v) is 7.71. The molecule has 0 amide bonds. The Balaban J connectivity index is 3.09. The second-order valence-corrected chi connectivity index (χ2v) is 4.50. The summed E-state index contributed by atoms with van der Waals surface area (Å²) < 4.78 is 5.42. The molecule has 0 aliphatic rings. The summed E-state index contributed by atoms with van der Waals surface area (Å²) in [5.41, 5.74) is 0. The molecule has 1 nitrogen and oxygen atoms in total. The summed E-state index contributed by atoms with van der Waals surface area (Å²) in [6.07, 6.45) is 2.31. The van der Waals surface area contributed by atoms with Crippen molar-refractivity contribution >= 4 is 19.7 Å². The molecule has 0 spiro atoms. The van der Waals surface area contributed by atoms with Gasteiger partial charge >= 0.3 is 0 Å². The average molecular weight is 169 g/mol. The molecule has 0 saturated carbocycles. The van der Waals surface area contributed by atoms with Gasteiger partial charge in [-0.25, -0.2) is 0 Å². The molecule has 0 aliphatic heterocycles. The van der Waals surface area contributed by atoms with Gasteiger partial charge in [0.1, 0.15) is 0 Å². The van der Waals surface area contributed by atoms with Crippen LogP contribution in [0.3, 0.4) is 0 Å². The topological polar surface area (TPSA) is 9.23 Å². The standard InChI is InChI=1S/C6H14ClOP/c1-3-9(4-2)8-6-5-7/h3-6H2,1-2H3. The Morgan fingerprint density at radius 3 is 2.22 bits per heavy atom. The van der Waals surface area contributed by atoms with Crippen LogP contribution < -0.4 is 0 Å². The molecule has 56 valence electrons. The molecule has 0 heterocycles. The molecule has 3 heteroatoms. The van der Waals surface area contributed by atoms with Crippen LogP contribution in [-0.2, 0) is 4.52 Å². The Bertz CT molecular complexity index is 57.0. The monoisotopic (exact) mass is 168 g/mol. The Morgan fingerprint density at radius 2 is 1.89 bits per heavy atom. The van der Waals surface area contributed by atoms with Gasteiger partial charge in [0.15, 0.2) is 0 Å². The van der Waals surface area contributed by atoms with Crippen LogP contribution in [0.5, 0.6) is 0 Å². The Hall–Kier alpha value is 0.680. The number of alkyl halides is 1. The van der Waals surface area contributed by atoms with Gasteiger partial charge in [-0.05, 0) is 12.3 Å². The van der Waals surface area contributed by atoms with Gasteiger partial charge in [-0.3, -0.25) is 0 Å². The van der Waals surface area contributed by atoms with E-state index in [1.807, 2.05) is 0 Å². The second-order valence-electron chi connectivity index (χ2n) is 1.64. The van der Waals surface area contributed by atoms with Crippen LogP contribution in [0.4, 0.5) is 0 Å². The lowest BCUT2D eigenvalue weighted by Gasteiger charge is -2.11. The van der Waals surface area contributed by atoms with Crippen molar-refractivity contribution in [2.45, 2.75) is 13.8 Å². The molecule has 0 bridgehead atoms. The molecule has 0 aromatic carbocycles. The summed E-state index contributed by atoms with van der Waals surface area (Å²) >= 11 is 5.44. The van der Waals surface area contributed by atoms with Crippen LogP contribution in [0.1, 0.15) is 13.8 Å². The van der Waals surface area contributed by atoms with Crippen LogP contribution in [-0.4, -0.2) is 24.8 Å². The van der Waals surface area contributed by atoms with Gasteiger partial charge in [-0.1, -0.05) is 13.8 Å². The molecule has 0 unspecified atom stereocenters. The number of hydrogen-bond acceptors (Lipinski definition) is 1. The molecule has 0 radical (unpaired) electrons. The van der Waals surface area contributed by atoms with E-state index in [-0.39, 0.29) is 8.15 Å². The van der Waals surface area contributed by atoms with E-state index in [4.69, 9.17) is 16.1 Å². The van der Waals surface area contributed by atoms with E-state index in [9.17, 15) is 0 Å². The molecular weight excluding hydrogens is 154 g/mol. The SMILES string of the molecule is CCP(CC)OCCCl. The lowest BCUT2D eigenvalue weighted by atomic mass is 10.9. The second kappa shape index (κ2) is 6.80. The largest absolute Gasteiger partial charge is 0.358 e. The minimum Gasteiger partial charge on any atom is -0.358 e. The quantitative estimate of drug-likeness (QED) is 0.453. The highest BCUT2D eigenvalue weighted by Crippen LogP contribution is 2.34. The van der Waals surface area contributed by atoms with Gasteiger partial charge in [0.05, 0.1) is 6.61 Å². The molecule has 0 rings (SSSR count). The summed E-state index contributed by atoms with van der Waals surface area (Å²) in [6.45, 7) is 5.03. The van der Waals surface area contributed by atoms with Crippen molar-refractivity contribution in [3.8, 4) is 0 Å². The van der Waals surface area contributed by atoms with Gasteiger partial charge in [-0.2, -0.15) is 0 Å². The average Bonchev–Trinajstić information content (AvgIpc) is 1.91. The highest BCUT2D eigenvalue weighted by molar-refractivity contribution is 7.52. The minimum absolute atomic E-state index is 0.147. The molecule has 0 aliphatic carbocycles. The Labute approximate surface area is 63.6 Å². The van der Waals surface area contributed by atoms with E-state index in [0.717, 1.165) is 18.9 Å². The number of rotatable bonds is 5. The minimum atomic E-state index is -0.147. The van der Waals surface area contributed by atoms with Gasteiger partial charge in [-0.15, -0.1) is 11.6 Å². The lowest BCUT2D eigenvalue weighted by molar-refractivity contribution is 0.381. The fourth-order valence-corrected chi connectivity index (χ4v) is 1.92. The molecule has 0 aromatic heterocycles. The van der Waals surface area contributed by atoms with Crippen LogP contribution >= 0.6 is 19.7 Å². The summed E-state index contributed by atoms with van der Waals surface area (Å²) in [7, 11) is -0.147. The highest BCUT2D eigenvalue weighted by atomic mass is 35.5. The Morgan fingerprint density at radius 1 is 1.33 bits per heavy atom. The lowest BCUT2D eigenvalue weighted by Crippen LogP contribution is -1.93. The fraction of sp³-hybridized carbons (Fsp3) is 1.00. The van der Waals surface area contributed by atoms with Crippen LogP contribution in [0, 0.1) is 0 Å². The summed E-state index contributed by atoms with van der Waals surface area (Å²) in [4.78, 5) is 0. The zero-order valence-electron chi connectivity index (χ0n) is 6.06. The van der Waals surface area contributed by atoms with E-state index in [1.54, 1.807) is 0 Å². The number of hydrogen-bond donors (Lipinski definition) is 0. The first kappa shape index (κ1) is 9.68. The summed E-state index contributed by atoms with van der Waals surface area (Å²) in [5, 5.41) is 0. The summed E-state index contributed by atoms with van der Waals surface area (Å²) in [6, 6.07) is 0. The maximum atomic E-state index is 5.44. The van der Waals surface area contributed by atoms with E-state index in [1.165, 1.54) is 0 Å². The van der Waals surface area contributed by atoms with E-state index < -0.39 is 0 Å². The molecule has 0 N–H and O–H groups in total. The van der Waals surface area contributed by atoms with Gasteiger partial charge in [0.25, 0.3) is 0 Å². The van der Waals surface area contributed by atoms with Crippen molar-refractivity contribution in [1.82, 2.24) is 0 Å². The first-order valence-electron chi connectivity index (χ1n) is 3.29. The first-order chi connectivity index (χ1) is 4.35. The van der Waals surface area contributed by atoms with Crippen molar-refractivity contribution < 1.29 is 4.52 Å². The maximum Gasteiger partial charge on any atom is 0.0644 e. The molecule has 0 atom stereocenters. The van der Waals surface area contributed by atoms with Gasteiger partial charge < -0.3 is 4.52 Å². The van der Waals surface area contributed by atoms with Crippen molar-refractivity contribution in [1.29, 1.82) is 0 Å². The first-order valence-corrected chi connectivity index (χ1v) is 5.45. The van der Waals surface area contributed by atoms with Crippen molar-refractivity contribution in [2.75, 3.05) is 24.8 Å². The van der Waals surface area contributed by atoms with E-state index >= 15 is 0 Å². The van der Waals surface area contributed by atoms with Crippen molar-refractivity contribution in [3.05, 3.63) is 0 Å². The Kier molecular flexibility index (Phi) is 7.31. The maximum absolute atomic E-state index is 5.44. The van der Waals surface area contributed by atoms with Gasteiger partial charge in [0.2, 0.25) is 0 Å². The predicted octanol–water partition coefficient (Wildman–Crippen LogP) is 2.68. The van der Waals surface area contributed by atoms with Gasteiger partial charge in [0, 0.05) is 14.0 Å². The fourth-order valence-electron chi connectivity index (χ4n) is 0.570. The molecular formula is C6H14ClOP. The molecule has 0 fully saturated rings. The normalized spacial score (nSPS) is 10.7.